The van der Waals surface area contributed by atoms with Crippen molar-refractivity contribution in [2.24, 2.45) is 0 Å². The molecule has 0 amide bonds. The second-order valence-corrected chi connectivity index (χ2v) is 6.92. The van der Waals surface area contributed by atoms with Gasteiger partial charge in [0.1, 0.15) is 4.21 Å². The summed E-state index contributed by atoms with van der Waals surface area (Å²) in [6.07, 6.45) is 2.92. The molecule has 0 aliphatic carbocycles. The van der Waals surface area contributed by atoms with Crippen LogP contribution in [0.5, 0.6) is 0 Å². The predicted molar refractivity (Wildman–Crippen MR) is 75.2 cm³/mol. The van der Waals surface area contributed by atoms with Crippen LogP contribution in [0.1, 0.15) is 5.56 Å². The average molecular weight is 314 g/mol. The van der Waals surface area contributed by atoms with Gasteiger partial charge in [0.15, 0.2) is 5.00 Å². The van der Waals surface area contributed by atoms with Gasteiger partial charge in [-0.1, -0.05) is 11.3 Å². The summed E-state index contributed by atoms with van der Waals surface area (Å²) in [5, 5.41) is 10.5. The zero-order valence-corrected chi connectivity index (χ0v) is 11.9. The number of nitrogens with two attached hydrogens (primary N) is 1. The van der Waals surface area contributed by atoms with E-state index in [2.05, 4.69) is 9.71 Å². The Hall–Kier alpha value is -2.20. The minimum absolute atomic E-state index is 0.155. The third-order valence-electron chi connectivity index (χ3n) is 2.31. The van der Waals surface area contributed by atoms with Gasteiger partial charge in [-0.25, -0.2) is 8.42 Å². The molecule has 2 heterocycles. The Morgan fingerprint density at radius 2 is 2.10 bits per heavy atom. The van der Waals surface area contributed by atoms with Crippen molar-refractivity contribution in [1.29, 1.82) is 0 Å². The van der Waals surface area contributed by atoms with E-state index >= 15 is 0 Å². The third kappa shape index (κ3) is 2.86. The monoisotopic (exact) mass is 314 g/mol. The lowest BCUT2D eigenvalue weighted by Gasteiger charge is -2.05. The van der Waals surface area contributed by atoms with Gasteiger partial charge in [-0.3, -0.25) is 19.8 Å². The molecule has 0 aliphatic heterocycles. The molecule has 10 heteroatoms. The van der Waals surface area contributed by atoms with Crippen LogP contribution in [0.4, 0.5) is 16.4 Å². The summed E-state index contributed by atoms with van der Waals surface area (Å²) in [4.78, 5) is 13.8. The molecule has 2 rings (SSSR count). The van der Waals surface area contributed by atoms with Crippen LogP contribution in [-0.2, 0) is 10.0 Å². The van der Waals surface area contributed by atoms with Gasteiger partial charge in [0.25, 0.3) is 10.0 Å². The maximum atomic E-state index is 12.1. The molecule has 0 radical (unpaired) electrons. The van der Waals surface area contributed by atoms with Crippen LogP contribution < -0.4 is 10.5 Å². The van der Waals surface area contributed by atoms with E-state index < -0.39 is 20.6 Å². The lowest BCUT2D eigenvalue weighted by molar-refractivity contribution is -0.383. The van der Waals surface area contributed by atoms with E-state index in [1.807, 2.05) is 0 Å². The number of nitrogen functional groups attached to an aromatic ring is 1. The zero-order chi connectivity index (χ0) is 14.9. The Morgan fingerprint density at radius 3 is 2.65 bits per heavy atom. The summed E-state index contributed by atoms with van der Waals surface area (Å²) in [5.41, 5.74) is 6.07. The van der Waals surface area contributed by atoms with E-state index in [0.29, 0.717) is 11.3 Å². The number of hydrogen-bond acceptors (Lipinski definition) is 7. The normalized spacial score (nSPS) is 11.2. The Morgan fingerprint density at radius 1 is 1.40 bits per heavy atom. The van der Waals surface area contributed by atoms with Gasteiger partial charge >= 0.3 is 5.69 Å². The topological polar surface area (TPSA) is 128 Å². The summed E-state index contributed by atoms with van der Waals surface area (Å²) in [5.74, 6) is 0. The minimum Gasteiger partial charge on any atom is -0.385 e. The van der Waals surface area contributed by atoms with E-state index in [4.69, 9.17) is 5.73 Å². The van der Waals surface area contributed by atoms with E-state index in [-0.39, 0.29) is 14.9 Å². The van der Waals surface area contributed by atoms with Crippen molar-refractivity contribution in [3.8, 4) is 0 Å². The molecule has 0 unspecified atom stereocenters. The highest BCUT2D eigenvalue weighted by atomic mass is 32.2. The Kier molecular flexibility index (Phi) is 3.59. The first kappa shape index (κ1) is 14.2. The molecule has 20 heavy (non-hydrogen) atoms. The van der Waals surface area contributed by atoms with Crippen LogP contribution in [0, 0.1) is 17.0 Å². The number of aromatic nitrogens is 1. The molecule has 2 aromatic rings. The first-order valence-corrected chi connectivity index (χ1v) is 7.58. The molecule has 106 valence electrons. The van der Waals surface area contributed by atoms with Gasteiger partial charge in [0.2, 0.25) is 0 Å². The Bertz CT molecular complexity index is 769. The number of anilines is 2. The van der Waals surface area contributed by atoms with Crippen LogP contribution in [0.2, 0.25) is 0 Å². The van der Waals surface area contributed by atoms with Gasteiger partial charge < -0.3 is 5.73 Å². The summed E-state index contributed by atoms with van der Waals surface area (Å²) in [7, 11) is -3.92. The Labute approximate surface area is 118 Å². The average Bonchev–Trinajstić information content (AvgIpc) is 2.71. The summed E-state index contributed by atoms with van der Waals surface area (Å²) in [6, 6.07) is 2.53. The van der Waals surface area contributed by atoms with Crippen LogP contribution in [0.15, 0.2) is 28.7 Å². The molecule has 0 spiro atoms. The SMILES string of the molecule is Cc1cncc(NS(=O)(=O)c2cc([N+](=O)[O-])c(N)s2)c1. The van der Waals surface area contributed by atoms with Gasteiger partial charge in [-0.15, -0.1) is 0 Å². The van der Waals surface area contributed by atoms with Crippen molar-refractivity contribution in [2.45, 2.75) is 11.1 Å². The first-order valence-electron chi connectivity index (χ1n) is 5.28. The van der Waals surface area contributed by atoms with Gasteiger partial charge in [-0.2, -0.15) is 0 Å². The lowest BCUT2D eigenvalue weighted by Crippen LogP contribution is -2.11. The number of thiophene rings is 1. The van der Waals surface area contributed by atoms with Crippen molar-refractivity contribution < 1.29 is 13.3 Å². The highest BCUT2D eigenvalue weighted by Gasteiger charge is 2.24. The summed E-state index contributed by atoms with van der Waals surface area (Å²) < 4.78 is 26.3. The van der Waals surface area contributed by atoms with Crippen molar-refractivity contribution in [3.05, 3.63) is 40.2 Å². The van der Waals surface area contributed by atoms with Crippen molar-refractivity contribution in [1.82, 2.24) is 4.98 Å². The smallest absolute Gasteiger partial charge is 0.304 e. The highest BCUT2D eigenvalue weighted by Crippen LogP contribution is 2.35. The molecule has 0 saturated carbocycles. The third-order valence-corrected chi connectivity index (χ3v) is 5.11. The van der Waals surface area contributed by atoms with Crippen LogP contribution in [0.25, 0.3) is 0 Å². The second-order valence-electron chi connectivity index (χ2n) is 3.93. The number of aryl methyl sites for hydroxylation is 1. The molecule has 0 atom stereocenters. The quantitative estimate of drug-likeness (QED) is 0.653. The fourth-order valence-electron chi connectivity index (χ4n) is 1.46. The van der Waals surface area contributed by atoms with Gasteiger partial charge in [-0.05, 0) is 18.6 Å². The largest absolute Gasteiger partial charge is 0.385 e. The van der Waals surface area contributed by atoms with E-state index in [1.165, 1.54) is 6.20 Å². The maximum Gasteiger partial charge on any atom is 0.304 e. The minimum atomic E-state index is -3.92. The van der Waals surface area contributed by atoms with Crippen LogP contribution in [0.3, 0.4) is 0 Å². The summed E-state index contributed by atoms with van der Waals surface area (Å²) in [6.45, 7) is 1.76. The maximum absolute atomic E-state index is 12.1. The van der Waals surface area contributed by atoms with Crippen LogP contribution in [-0.4, -0.2) is 18.3 Å². The number of pyridine rings is 1. The van der Waals surface area contributed by atoms with Crippen molar-refractivity contribution in [2.75, 3.05) is 10.5 Å². The number of nitrogens with one attached hydrogen (secondary N) is 1. The van der Waals surface area contributed by atoms with E-state index in [0.717, 1.165) is 11.6 Å². The van der Waals surface area contributed by atoms with E-state index in [9.17, 15) is 18.5 Å². The standard InChI is InChI=1S/C10H10N4O4S2/c1-6-2-7(5-12-4-6)13-20(17,18)9-3-8(14(15)16)10(11)19-9/h2-5,13H,11H2,1H3. The molecule has 3 N–H and O–H groups in total. The fraction of sp³-hybridized carbons (Fsp3) is 0.100. The van der Waals surface area contributed by atoms with Gasteiger partial charge in [0, 0.05) is 12.3 Å². The zero-order valence-electron chi connectivity index (χ0n) is 10.2. The van der Waals surface area contributed by atoms with Crippen molar-refractivity contribution in [3.63, 3.8) is 0 Å². The van der Waals surface area contributed by atoms with Crippen molar-refractivity contribution >= 4 is 37.7 Å². The number of rotatable bonds is 4. The van der Waals surface area contributed by atoms with Crippen LogP contribution >= 0.6 is 11.3 Å². The fourth-order valence-corrected chi connectivity index (χ4v) is 3.71. The number of nitro groups is 1. The highest BCUT2D eigenvalue weighted by molar-refractivity contribution is 7.94. The molecular weight excluding hydrogens is 304 g/mol. The first-order chi connectivity index (χ1) is 9.29. The molecule has 0 aliphatic rings. The molecule has 8 nitrogen and oxygen atoms in total. The van der Waals surface area contributed by atoms with E-state index in [1.54, 1.807) is 19.2 Å². The number of hydrogen-bond donors (Lipinski definition) is 2. The lowest BCUT2D eigenvalue weighted by atomic mass is 10.3. The number of nitrogens with zero attached hydrogens (tertiary/aromatic N) is 2. The second kappa shape index (κ2) is 5.06. The molecular formula is C10H10N4O4S2. The molecule has 0 saturated heterocycles. The van der Waals surface area contributed by atoms with Gasteiger partial charge in [0.05, 0.1) is 16.8 Å². The molecule has 0 fully saturated rings. The molecule has 2 aromatic heterocycles. The summed E-state index contributed by atoms with van der Waals surface area (Å²) >= 11 is 0.638. The number of sulfonamides is 1. The Balaban J connectivity index is 2.36. The molecule has 0 bridgehead atoms. The predicted octanol–water partition coefficient (Wildman–Crippen LogP) is 1.74. The molecule has 0 aromatic carbocycles.